The van der Waals surface area contributed by atoms with E-state index in [-0.39, 0.29) is 24.2 Å². The van der Waals surface area contributed by atoms with Crippen molar-refractivity contribution in [1.29, 1.82) is 0 Å². The van der Waals surface area contributed by atoms with Gasteiger partial charge in [0.1, 0.15) is 5.66 Å². The van der Waals surface area contributed by atoms with Crippen LogP contribution in [-0.2, 0) is 10.5 Å². The molecule has 2 heterocycles. The minimum atomic E-state index is -5.05. The minimum Gasteiger partial charge on any atom is -0.291 e. The van der Waals surface area contributed by atoms with Crippen LogP contribution >= 0.6 is 0 Å². The number of carbonyl (C=O) groups is 1. The number of hydrogen-bond donors (Lipinski definition) is 1. The van der Waals surface area contributed by atoms with E-state index in [1.54, 1.807) is 6.07 Å². The molecule has 0 unspecified atom stereocenters. The highest BCUT2D eigenvalue weighted by Crippen LogP contribution is 2.56. The molecule has 1 saturated heterocycles. The zero-order chi connectivity index (χ0) is 14.8. The lowest BCUT2D eigenvalue weighted by Gasteiger charge is -2.38. The summed E-state index contributed by atoms with van der Waals surface area (Å²) < 4.78 is 53.7. The highest BCUT2D eigenvalue weighted by atomic mass is 19.4. The van der Waals surface area contributed by atoms with Gasteiger partial charge in [0.25, 0.3) is 0 Å². The third-order valence-electron chi connectivity index (χ3n) is 4.18. The van der Waals surface area contributed by atoms with Gasteiger partial charge in [-0.05, 0) is 13.0 Å². The Hall–Kier alpha value is -1.63. The first-order chi connectivity index (χ1) is 9.22. The lowest BCUT2D eigenvalue weighted by molar-refractivity contribution is -0.172. The second kappa shape index (κ2) is 3.72. The normalized spacial score (nSPS) is 32.1. The van der Waals surface area contributed by atoms with Gasteiger partial charge >= 0.3 is 12.1 Å². The number of anilines is 1. The predicted octanol–water partition coefficient (Wildman–Crippen LogP) is 2.47. The molecule has 2 atom stereocenters. The minimum absolute atomic E-state index is 0.0213. The summed E-state index contributed by atoms with van der Waals surface area (Å²) in [7, 11) is 0. The predicted molar refractivity (Wildman–Crippen MR) is 63.8 cm³/mol. The second-order valence-electron chi connectivity index (χ2n) is 5.21. The number of alkyl halides is 4. The Morgan fingerprint density at radius 2 is 2.00 bits per heavy atom. The molecular weight excluding hydrogens is 276 g/mol. The van der Waals surface area contributed by atoms with E-state index in [9.17, 15) is 18.0 Å². The summed E-state index contributed by atoms with van der Waals surface area (Å²) in [6, 6.07) is 5.82. The molecule has 0 bridgehead atoms. The maximum Gasteiger partial charge on any atom is 0.471 e. The van der Waals surface area contributed by atoms with Crippen LogP contribution in [0.3, 0.4) is 0 Å². The van der Waals surface area contributed by atoms with Crippen LogP contribution in [0.2, 0.25) is 0 Å². The molecule has 0 aliphatic carbocycles. The Morgan fingerprint density at radius 1 is 1.35 bits per heavy atom. The van der Waals surface area contributed by atoms with Crippen LogP contribution in [0.25, 0.3) is 0 Å². The Labute approximate surface area is 112 Å². The summed E-state index contributed by atoms with van der Waals surface area (Å²) in [5.74, 6) is -2.05. The third kappa shape index (κ3) is 1.41. The van der Waals surface area contributed by atoms with Crippen molar-refractivity contribution in [3.8, 4) is 0 Å². The number of rotatable bonds is 0. The van der Waals surface area contributed by atoms with Crippen LogP contribution in [0.5, 0.6) is 0 Å². The van der Waals surface area contributed by atoms with Gasteiger partial charge in [-0.1, -0.05) is 18.2 Å². The van der Waals surface area contributed by atoms with Crippen LogP contribution in [0.1, 0.15) is 18.9 Å². The van der Waals surface area contributed by atoms with Crippen molar-refractivity contribution in [1.82, 2.24) is 5.32 Å². The van der Waals surface area contributed by atoms with Crippen molar-refractivity contribution in [2.75, 3.05) is 11.4 Å². The first-order valence-corrected chi connectivity index (χ1v) is 6.17. The molecule has 108 valence electrons. The fourth-order valence-electron chi connectivity index (χ4n) is 3.20. The standard InChI is InChI=1S/C13H12F4N2O/c1-11-12(14,6-7-18-11)8-4-2-3-5-9(8)19(11)10(20)13(15,16)17/h2-5,18H,6-7H2,1H3/t11-,12-/m1/s1. The van der Waals surface area contributed by atoms with E-state index in [2.05, 4.69) is 5.32 Å². The first-order valence-electron chi connectivity index (χ1n) is 6.17. The van der Waals surface area contributed by atoms with Crippen molar-refractivity contribution in [2.45, 2.75) is 30.9 Å². The molecule has 1 aromatic carbocycles. The SMILES string of the molecule is C[C@]12NCC[C@@]1(F)c1ccccc1N2C(=O)C(F)(F)F. The van der Waals surface area contributed by atoms with E-state index >= 15 is 4.39 Å². The number of benzene rings is 1. The fraction of sp³-hybridized carbons (Fsp3) is 0.462. The Balaban J connectivity index is 2.22. The van der Waals surface area contributed by atoms with Gasteiger partial charge in [0.2, 0.25) is 0 Å². The maximum atomic E-state index is 15.2. The molecule has 3 rings (SSSR count). The largest absolute Gasteiger partial charge is 0.471 e. The fourth-order valence-corrected chi connectivity index (χ4v) is 3.20. The van der Waals surface area contributed by atoms with E-state index < -0.39 is 23.4 Å². The van der Waals surface area contributed by atoms with Crippen molar-refractivity contribution in [3.63, 3.8) is 0 Å². The highest BCUT2D eigenvalue weighted by molar-refractivity contribution is 6.01. The average Bonchev–Trinajstić information content (AvgIpc) is 2.75. The molecular formula is C13H12F4N2O. The average molecular weight is 288 g/mol. The lowest BCUT2D eigenvalue weighted by atomic mass is 9.88. The zero-order valence-corrected chi connectivity index (χ0v) is 10.6. The zero-order valence-electron chi connectivity index (χ0n) is 10.6. The van der Waals surface area contributed by atoms with Gasteiger partial charge in [0, 0.05) is 18.5 Å². The summed E-state index contributed by atoms with van der Waals surface area (Å²) in [5, 5.41) is 2.72. The number of halogens is 4. The molecule has 2 aliphatic heterocycles. The van der Waals surface area contributed by atoms with Gasteiger partial charge < -0.3 is 0 Å². The molecule has 20 heavy (non-hydrogen) atoms. The molecule has 0 saturated carbocycles. The number of carbonyl (C=O) groups excluding carboxylic acids is 1. The van der Waals surface area contributed by atoms with E-state index in [1.807, 2.05) is 0 Å². The van der Waals surface area contributed by atoms with Gasteiger partial charge in [0.15, 0.2) is 5.67 Å². The number of hydrogen-bond acceptors (Lipinski definition) is 2. The van der Waals surface area contributed by atoms with Crippen LogP contribution < -0.4 is 10.2 Å². The second-order valence-corrected chi connectivity index (χ2v) is 5.21. The van der Waals surface area contributed by atoms with Gasteiger partial charge in [-0.2, -0.15) is 13.2 Å². The van der Waals surface area contributed by atoms with Crippen molar-refractivity contribution in [3.05, 3.63) is 29.8 Å². The lowest BCUT2D eigenvalue weighted by Crippen LogP contribution is -2.62. The molecule has 1 amide bonds. The Bertz CT molecular complexity index is 588. The van der Waals surface area contributed by atoms with E-state index in [0.29, 0.717) is 4.90 Å². The van der Waals surface area contributed by atoms with Gasteiger partial charge in [0.05, 0.1) is 5.69 Å². The quantitative estimate of drug-likeness (QED) is 0.744. The van der Waals surface area contributed by atoms with E-state index in [0.717, 1.165) is 0 Å². The van der Waals surface area contributed by atoms with E-state index in [4.69, 9.17) is 0 Å². The Kier molecular flexibility index (Phi) is 2.48. The number of fused-ring (bicyclic) bond motifs is 3. The van der Waals surface area contributed by atoms with Crippen LogP contribution in [-0.4, -0.2) is 24.3 Å². The smallest absolute Gasteiger partial charge is 0.291 e. The third-order valence-corrected chi connectivity index (χ3v) is 4.18. The van der Waals surface area contributed by atoms with Gasteiger partial charge in [-0.15, -0.1) is 0 Å². The maximum absolute atomic E-state index is 15.2. The highest BCUT2D eigenvalue weighted by Gasteiger charge is 2.67. The topological polar surface area (TPSA) is 32.3 Å². The number of para-hydroxylation sites is 1. The van der Waals surface area contributed by atoms with Crippen LogP contribution in [0.15, 0.2) is 24.3 Å². The van der Waals surface area contributed by atoms with Crippen LogP contribution in [0.4, 0.5) is 23.2 Å². The van der Waals surface area contributed by atoms with Crippen molar-refractivity contribution >= 4 is 11.6 Å². The summed E-state index contributed by atoms with van der Waals surface area (Å²) >= 11 is 0. The number of amides is 1. The molecule has 1 aromatic rings. The van der Waals surface area contributed by atoms with Gasteiger partial charge in [-0.3, -0.25) is 15.0 Å². The first kappa shape index (κ1) is 13.4. The van der Waals surface area contributed by atoms with Crippen LogP contribution in [0, 0.1) is 0 Å². The van der Waals surface area contributed by atoms with Crippen molar-refractivity contribution < 1.29 is 22.4 Å². The summed E-state index contributed by atoms with van der Waals surface area (Å²) in [6.07, 6.45) is -5.02. The molecule has 7 heteroatoms. The number of nitrogens with one attached hydrogen (secondary N) is 1. The summed E-state index contributed by atoms with van der Waals surface area (Å²) in [4.78, 5) is 12.2. The Morgan fingerprint density at radius 3 is 2.65 bits per heavy atom. The summed E-state index contributed by atoms with van der Waals surface area (Å²) in [5.41, 5.74) is -3.61. The monoisotopic (exact) mass is 288 g/mol. The number of nitrogens with zero attached hydrogens (tertiary/aromatic N) is 1. The molecule has 1 N–H and O–H groups in total. The van der Waals surface area contributed by atoms with Gasteiger partial charge in [-0.25, -0.2) is 4.39 Å². The van der Waals surface area contributed by atoms with E-state index in [1.165, 1.54) is 25.1 Å². The molecule has 2 aliphatic rings. The molecule has 0 radical (unpaired) electrons. The van der Waals surface area contributed by atoms with Crippen molar-refractivity contribution in [2.24, 2.45) is 0 Å². The molecule has 0 spiro atoms. The molecule has 1 fully saturated rings. The molecule has 3 nitrogen and oxygen atoms in total. The molecule has 0 aromatic heterocycles. The summed E-state index contributed by atoms with van der Waals surface area (Å²) in [6.45, 7) is 1.51.